The standard InChI is InChI=1S/C16H14Cl2FNO/c1-16(10-17,11-6-3-2-4-7-11)20-15(21)14-12(18)8-5-9-13(14)19/h2-9H,10H2,1H3,(H,20,21). The van der Waals surface area contributed by atoms with E-state index < -0.39 is 17.3 Å². The van der Waals surface area contributed by atoms with Crippen LogP contribution in [-0.4, -0.2) is 11.8 Å². The van der Waals surface area contributed by atoms with E-state index in [4.69, 9.17) is 23.2 Å². The number of halogens is 3. The van der Waals surface area contributed by atoms with Gasteiger partial charge in [-0.15, -0.1) is 11.6 Å². The lowest BCUT2D eigenvalue weighted by Crippen LogP contribution is -2.45. The molecule has 2 aromatic rings. The molecule has 110 valence electrons. The molecule has 1 N–H and O–H groups in total. The van der Waals surface area contributed by atoms with E-state index >= 15 is 0 Å². The molecule has 1 atom stereocenters. The van der Waals surface area contributed by atoms with E-state index in [2.05, 4.69) is 5.32 Å². The monoisotopic (exact) mass is 325 g/mol. The van der Waals surface area contributed by atoms with Crippen molar-refractivity contribution in [3.8, 4) is 0 Å². The van der Waals surface area contributed by atoms with Crippen LogP contribution in [0.4, 0.5) is 4.39 Å². The highest BCUT2D eigenvalue weighted by Crippen LogP contribution is 2.25. The Morgan fingerprint density at radius 2 is 1.86 bits per heavy atom. The summed E-state index contributed by atoms with van der Waals surface area (Å²) in [4.78, 5) is 12.3. The molecule has 1 unspecified atom stereocenters. The van der Waals surface area contributed by atoms with Crippen molar-refractivity contribution in [2.45, 2.75) is 12.5 Å². The molecule has 2 rings (SSSR count). The lowest BCUT2D eigenvalue weighted by molar-refractivity contribution is 0.0909. The fourth-order valence-electron chi connectivity index (χ4n) is 2.02. The summed E-state index contributed by atoms with van der Waals surface area (Å²) in [6.07, 6.45) is 0. The lowest BCUT2D eigenvalue weighted by atomic mass is 9.93. The molecule has 0 aromatic heterocycles. The van der Waals surface area contributed by atoms with Gasteiger partial charge in [-0.2, -0.15) is 0 Å². The molecule has 0 radical (unpaired) electrons. The second-order valence-electron chi connectivity index (χ2n) is 4.88. The van der Waals surface area contributed by atoms with Gasteiger partial charge in [0.15, 0.2) is 0 Å². The van der Waals surface area contributed by atoms with Crippen LogP contribution in [0.15, 0.2) is 48.5 Å². The number of hydrogen-bond donors (Lipinski definition) is 1. The summed E-state index contributed by atoms with van der Waals surface area (Å²) < 4.78 is 13.8. The zero-order valence-electron chi connectivity index (χ0n) is 11.4. The van der Waals surface area contributed by atoms with E-state index in [0.717, 1.165) is 5.56 Å². The zero-order valence-corrected chi connectivity index (χ0v) is 12.9. The second kappa shape index (κ2) is 6.46. The molecule has 0 spiro atoms. The van der Waals surface area contributed by atoms with Gasteiger partial charge in [-0.05, 0) is 24.6 Å². The molecule has 0 fully saturated rings. The molecule has 0 aliphatic carbocycles. The topological polar surface area (TPSA) is 29.1 Å². The average molecular weight is 326 g/mol. The first kappa shape index (κ1) is 15.8. The third-order valence-corrected chi connectivity index (χ3v) is 4.11. The minimum absolute atomic E-state index is 0.0671. The van der Waals surface area contributed by atoms with E-state index in [9.17, 15) is 9.18 Å². The molecule has 0 aliphatic heterocycles. The molecule has 0 saturated carbocycles. The fraction of sp³-hybridized carbons (Fsp3) is 0.188. The zero-order chi connectivity index (χ0) is 15.5. The highest BCUT2D eigenvalue weighted by atomic mass is 35.5. The maximum atomic E-state index is 13.8. The molecule has 0 aliphatic rings. The van der Waals surface area contributed by atoms with Crippen LogP contribution < -0.4 is 5.32 Å². The van der Waals surface area contributed by atoms with Crippen LogP contribution in [0.3, 0.4) is 0 Å². The number of carbonyl (C=O) groups is 1. The van der Waals surface area contributed by atoms with E-state index in [-0.39, 0.29) is 16.5 Å². The summed E-state index contributed by atoms with van der Waals surface area (Å²) in [5, 5.41) is 2.83. The third-order valence-electron chi connectivity index (χ3n) is 3.26. The molecular formula is C16H14Cl2FNO. The van der Waals surface area contributed by atoms with E-state index in [1.165, 1.54) is 18.2 Å². The normalized spacial score (nSPS) is 13.5. The Morgan fingerprint density at radius 3 is 2.43 bits per heavy atom. The van der Waals surface area contributed by atoms with Gasteiger partial charge in [0.05, 0.1) is 16.1 Å². The number of rotatable bonds is 4. The largest absolute Gasteiger partial charge is 0.341 e. The summed E-state index contributed by atoms with van der Waals surface area (Å²) in [7, 11) is 0. The highest BCUT2D eigenvalue weighted by Gasteiger charge is 2.29. The first-order valence-corrected chi connectivity index (χ1v) is 7.27. The van der Waals surface area contributed by atoms with Crippen molar-refractivity contribution in [2.75, 3.05) is 5.88 Å². The summed E-state index contributed by atoms with van der Waals surface area (Å²) in [6, 6.07) is 13.4. The maximum Gasteiger partial charge on any atom is 0.256 e. The van der Waals surface area contributed by atoms with Crippen molar-refractivity contribution in [3.05, 3.63) is 70.5 Å². The Morgan fingerprint density at radius 1 is 1.19 bits per heavy atom. The molecule has 0 bridgehead atoms. The van der Waals surface area contributed by atoms with Gasteiger partial charge in [0.25, 0.3) is 5.91 Å². The minimum Gasteiger partial charge on any atom is -0.341 e. The SMILES string of the molecule is CC(CCl)(NC(=O)c1c(F)cccc1Cl)c1ccccc1. The number of amides is 1. The van der Waals surface area contributed by atoms with Crippen molar-refractivity contribution in [3.63, 3.8) is 0 Å². The number of alkyl halides is 1. The van der Waals surface area contributed by atoms with Gasteiger partial charge < -0.3 is 5.32 Å². The number of nitrogens with one attached hydrogen (secondary N) is 1. The van der Waals surface area contributed by atoms with Gasteiger partial charge in [0, 0.05) is 5.88 Å². The van der Waals surface area contributed by atoms with Gasteiger partial charge in [-0.25, -0.2) is 4.39 Å². The van der Waals surface area contributed by atoms with Gasteiger partial charge in [0.1, 0.15) is 5.82 Å². The van der Waals surface area contributed by atoms with Crippen LogP contribution in [0.25, 0.3) is 0 Å². The molecule has 5 heteroatoms. The first-order chi connectivity index (χ1) is 9.98. The molecule has 0 heterocycles. The number of benzene rings is 2. The van der Waals surface area contributed by atoms with Crippen molar-refractivity contribution >= 4 is 29.1 Å². The quantitative estimate of drug-likeness (QED) is 0.831. The number of carbonyl (C=O) groups excluding carboxylic acids is 1. The molecular weight excluding hydrogens is 312 g/mol. The van der Waals surface area contributed by atoms with Crippen molar-refractivity contribution < 1.29 is 9.18 Å². The lowest BCUT2D eigenvalue weighted by Gasteiger charge is -2.29. The van der Waals surface area contributed by atoms with Gasteiger partial charge in [-0.1, -0.05) is 48.0 Å². The van der Waals surface area contributed by atoms with E-state index in [1.807, 2.05) is 30.3 Å². The Bertz CT molecular complexity index is 628. The Hall–Kier alpha value is -1.58. The Balaban J connectivity index is 2.33. The van der Waals surface area contributed by atoms with Gasteiger partial charge >= 0.3 is 0 Å². The summed E-state index contributed by atoms with van der Waals surface area (Å²) in [5.41, 5.74) is -0.154. The third kappa shape index (κ3) is 3.36. The Labute approximate surface area is 132 Å². The predicted molar refractivity (Wildman–Crippen MR) is 83.4 cm³/mol. The Kier molecular flexibility index (Phi) is 4.86. The first-order valence-electron chi connectivity index (χ1n) is 6.36. The van der Waals surface area contributed by atoms with Crippen molar-refractivity contribution in [1.82, 2.24) is 5.32 Å². The van der Waals surface area contributed by atoms with Gasteiger partial charge in [-0.3, -0.25) is 4.79 Å². The molecule has 1 amide bonds. The smallest absolute Gasteiger partial charge is 0.256 e. The average Bonchev–Trinajstić information content (AvgIpc) is 2.48. The molecule has 0 saturated heterocycles. The summed E-state index contributed by atoms with van der Waals surface area (Å²) in [5.74, 6) is -1.11. The minimum atomic E-state index is -0.814. The van der Waals surface area contributed by atoms with Crippen LogP contribution in [0, 0.1) is 5.82 Å². The van der Waals surface area contributed by atoms with Crippen molar-refractivity contribution in [1.29, 1.82) is 0 Å². The predicted octanol–water partition coefficient (Wildman–Crippen LogP) is 4.36. The van der Waals surface area contributed by atoms with E-state index in [1.54, 1.807) is 6.92 Å². The molecule has 21 heavy (non-hydrogen) atoms. The van der Waals surface area contributed by atoms with Crippen LogP contribution in [0.5, 0.6) is 0 Å². The van der Waals surface area contributed by atoms with Crippen molar-refractivity contribution in [2.24, 2.45) is 0 Å². The fourth-order valence-corrected chi connectivity index (χ4v) is 2.49. The number of hydrogen-bond acceptors (Lipinski definition) is 1. The van der Waals surface area contributed by atoms with E-state index in [0.29, 0.717) is 0 Å². The summed E-state index contributed by atoms with van der Waals surface area (Å²) in [6.45, 7) is 1.78. The maximum absolute atomic E-state index is 13.8. The van der Waals surface area contributed by atoms with Crippen LogP contribution in [-0.2, 0) is 5.54 Å². The highest BCUT2D eigenvalue weighted by molar-refractivity contribution is 6.33. The van der Waals surface area contributed by atoms with Crippen LogP contribution in [0.1, 0.15) is 22.8 Å². The van der Waals surface area contributed by atoms with Crippen LogP contribution >= 0.6 is 23.2 Å². The molecule has 2 aromatic carbocycles. The van der Waals surface area contributed by atoms with Crippen LogP contribution in [0.2, 0.25) is 5.02 Å². The second-order valence-corrected chi connectivity index (χ2v) is 5.56. The molecule has 2 nitrogen and oxygen atoms in total. The summed E-state index contributed by atoms with van der Waals surface area (Å²) >= 11 is 11.9. The van der Waals surface area contributed by atoms with Gasteiger partial charge in [0.2, 0.25) is 0 Å².